The van der Waals surface area contributed by atoms with Crippen molar-refractivity contribution in [2.45, 2.75) is 17.9 Å². The maximum atomic E-state index is 12.9. The summed E-state index contributed by atoms with van der Waals surface area (Å²) in [4.78, 5) is 2.45. The highest BCUT2D eigenvalue weighted by atomic mass is 32.2. The Labute approximate surface area is 161 Å². The van der Waals surface area contributed by atoms with E-state index < -0.39 is 10.0 Å². The van der Waals surface area contributed by atoms with Crippen LogP contribution in [-0.2, 0) is 14.8 Å². The number of nitrogens with one attached hydrogen (secondary N) is 1. The van der Waals surface area contributed by atoms with E-state index in [0.29, 0.717) is 25.5 Å². The summed E-state index contributed by atoms with van der Waals surface area (Å²) in [5.41, 5.74) is 2.09. The summed E-state index contributed by atoms with van der Waals surface area (Å²) in [7, 11) is -2.10. The summed E-state index contributed by atoms with van der Waals surface area (Å²) in [6.45, 7) is 5.56. The van der Waals surface area contributed by atoms with Crippen LogP contribution in [0.15, 0.2) is 53.4 Å². The fourth-order valence-electron chi connectivity index (χ4n) is 3.06. The number of sulfonamides is 1. The van der Waals surface area contributed by atoms with Crippen LogP contribution < -0.4 is 9.46 Å². The van der Waals surface area contributed by atoms with Gasteiger partial charge in [0.05, 0.1) is 31.3 Å². The Morgan fingerprint density at radius 1 is 1.07 bits per heavy atom. The lowest BCUT2D eigenvalue weighted by atomic mass is 10.1. The first-order valence-electron chi connectivity index (χ1n) is 9.01. The summed E-state index contributed by atoms with van der Waals surface area (Å²) in [6, 6.07) is 14.1. The van der Waals surface area contributed by atoms with E-state index >= 15 is 0 Å². The Balaban J connectivity index is 1.83. The number of nitrogens with zero attached hydrogens (tertiary/aromatic N) is 1. The number of rotatable bonds is 7. The third-order valence-electron chi connectivity index (χ3n) is 4.69. The predicted octanol–water partition coefficient (Wildman–Crippen LogP) is 2.36. The second-order valence-electron chi connectivity index (χ2n) is 6.67. The average molecular weight is 391 g/mol. The third-order valence-corrected chi connectivity index (χ3v) is 6.18. The first-order chi connectivity index (χ1) is 13.0. The van der Waals surface area contributed by atoms with E-state index in [4.69, 9.17) is 9.47 Å². The molecule has 0 saturated carbocycles. The van der Waals surface area contributed by atoms with Gasteiger partial charge in [-0.25, -0.2) is 13.1 Å². The molecule has 0 bridgehead atoms. The number of ether oxygens (including phenoxy) is 2. The van der Waals surface area contributed by atoms with Gasteiger partial charge in [-0.05, 0) is 36.8 Å². The van der Waals surface area contributed by atoms with Crippen molar-refractivity contribution in [3.63, 3.8) is 0 Å². The lowest BCUT2D eigenvalue weighted by Crippen LogP contribution is -2.43. The molecule has 146 valence electrons. The van der Waals surface area contributed by atoms with Crippen LogP contribution in [-0.4, -0.2) is 53.3 Å². The molecule has 2 aromatic carbocycles. The molecule has 6 nitrogen and oxygen atoms in total. The molecule has 1 aliphatic rings. The summed E-state index contributed by atoms with van der Waals surface area (Å²) in [6.07, 6.45) is 0. The summed E-state index contributed by atoms with van der Waals surface area (Å²) in [5, 5.41) is 0. The van der Waals surface area contributed by atoms with Gasteiger partial charge in [0.15, 0.2) is 0 Å². The lowest BCUT2D eigenvalue weighted by Gasteiger charge is -2.31. The number of benzene rings is 2. The van der Waals surface area contributed by atoms with E-state index in [1.807, 2.05) is 31.2 Å². The van der Waals surface area contributed by atoms with Gasteiger partial charge in [0, 0.05) is 19.6 Å². The Morgan fingerprint density at radius 2 is 1.70 bits per heavy atom. The Morgan fingerprint density at radius 3 is 2.30 bits per heavy atom. The van der Waals surface area contributed by atoms with Crippen LogP contribution in [0.4, 0.5) is 0 Å². The molecular weight excluding hydrogens is 364 g/mol. The van der Waals surface area contributed by atoms with Crippen molar-refractivity contribution < 1.29 is 17.9 Å². The quantitative estimate of drug-likeness (QED) is 0.786. The topological polar surface area (TPSA) is 67.9 Å². The number of morpholine rings is 1. The molecule has 0 spiro atoms. The van der Waals surface area contributed by atoms with Gasteiger partial charge in [0.25, 0.3) is 0 Å². The molecule has 1 fully saturated rings. The Kier molecular flexibility index (Phi) is 6.49. The number of aryl methyl sites for hydroxylation is 1. The second-order valence-corrected chi connectivity index (χ2v) is 8.39. The number of methoxy groups -OCH3 is 1. The smallest absolute Gasteiger partial charge is 0.241 e. The fourth-order valence-corrected chi connectivity index (χ4v) is 4.28. The average Bonchev–Trinajstić information content (AvgIpc) is 2.69. The molecule has 0 unspecified atom stereocenters. The minimum absolute atomic E-state index is 0.224. The van der Waals surface area contributed by atoms with Crippen molar-refractivity contribution >= 4 is 10.0 Å². The van der Waals surface area contributed by atoms with Crippen LogP contribution in [0.5, 0.6) is 5.75 Å². The predicted molar refractivity (Wildman–Crippen MR) is 104 cm³/mol. The fraction of sp³-hybridized carbons (Fsp3) is 0.400. The molecule has 1 atom stereocenters. The molecule has 7 heteroatoms. The van der Waals surface area contributed by atoms with E-state index in [2.05, 4.69) is 9.62 Å². The van der Waals surface area contributed by atoms with E-state index in [1.54, 1.807) is 31.4 Å². The molecule has 0 radical (unpaired) electrons. The number of hydrogen-bond acceptors (Lipinski definition) is 5. The first kappa shape index (κ1) is 19.8. The Bertz CT molecular complexity index is 829. The highest BCUT2D eigenvalue weighted by molar-refractivity contribution is 7.89. The van der Waals surface area contributed by atoms with E-state index in [0.717, 1.165) is 24.2 Å². The van der Waals surface area contributed by atoms with Crippen molar-refractivity contribution in [3.05, 3.63) is 59.7 Å². The van der Waals surface area contributed by atoms with Crippen molar-refractivity contribution in [3.8, 4) is 5.75 Å². The monoisotopic (exact) mass is 390 g/mol. The van der Waals surface area contributed by atoms with Gasteiger partial charge in [-0.2, -0.15) is 0 Å². The summed E-state index contributed by atoms with van der Waals surface area (Å²) < 4.78 is 39.2. The van der Waals surface area contributed by atoms with E-state index in [9.17, 15) is 8.42 Å². The van der Waals surface area contributed by atoms with Crippen LogP contribution in [0, 0.1) is 6.92 Å². The minimum atomic E-state index is -3.66. The number of hydrogen-bond donors (Lipinski definition) is 1. The summed E-state index contributed by atoms with van der Waals surface area (Å²) >= 11 is 0. The van der Waals surface area contributed by atoms with Gasteiger partial charge in [-0.15, -0.1) is 0 Å². The SMILES string of the molecule is COc1ccc(S(=O)(=O)N[C@@H](CN2CCOCC2)c2ccc(C)cc2)cc1. The van der Waals surface area contributed by atoms with Gasteiger partial charge >= 0.3 is 0 Å². The van der Waals surface area contributed by atoms with Crippen LogP contribution >= 0.6 is 0 Å². The zero-order valence-electron chi connectivity index (χ0n) is 15.7. The molecule has 0 amide bonds. The van der Waals surface area contributed by atoms with Crippen molar-refractivity contribution in [2.75, 3.05) is 40.0 Å². The maximum absolute atomic E-state index is 12.9. The molecule has 1 aliphatic heterocycles. The Hall–Kier alpha value is -1.93. The molecular formula is C20H26N2O4S. The molecule has 1 heterocycles. The van der Waals surface area contributed by atoms with Gasteiger partial charge < -0.3 is 9.47 Å². The molecule has 3 rings (SSSR count). The standard InChI is InChI=1S/C20H26N2O4S/c1-16-3-5-17(6-4-16)20(15-22-11-13-26-14-12-22)21-27(23,24)19-9-7-18(25-2)8-10-19/h3-10,20-21H,11-15H2,1-2H3/t20-/m0/s1. The highest BCUT2D eigenvalue weighted by Gasteiger charge is 2.24. The van der Waals surface area contributed by atoms with E-state index in [1.165, 1.54) is 0 Å². The van der Waals surface area contributed by atoms with Crippen molar-refractivity contribution in [2.24, 2.45) is 0 Å². The van der Waals surface area contributed by atoms with Crippen LogP contribution in [0.1, 0.15) is 17.2 Å². The molecule has 0 aromatic heterocycles. The minimum Gasteiger partial charge on any atom is -0.497 e. The second kappa shape index (κ2) is 8.84. The largest absolute Gasteiger partial charge is 0.497 e. The first-order valence-corrected chi connectivity index (χ1v) is 10.5. The van der Waals surface area contributed by atoms with Gasteiger partial charge in [0.1, 0.15) is 5.75 Å². The van der Waals surface area contributed by atoms with Gasteiger partial charge in [-0.1, -0.05) is 29.8 Å². The molecule has 1 N–H and O–H groups in total. The molecule has 2 aromatic rings. The van der Waals surface area contributed by atoms with Crippen molar-refractivity contribution in [1.29, 1.82) is 0 Å². The van der Waals surface area contributed by atoms with Crippen LogP contribution in [0.3, 0.4) is 0 Å². The summed E-state index contributed by atoms with van der Waals surface area (Å²) in [5.74, 6) is 0.623. The molecule has 0 aliphatic carbocycles. The third kappa shape index (κ3) is 5.29. The van der Waals surface area contributed by atoms with E-state index in [-0.39, 0.29) is 10.9 Å². The van der Waals surface area contributed by atoms with Crippen LogP contribution in [0.25, 0.3) is 0 Å². The van der Waals surface area contributed by atoms with Crippen molar-refractivity contribution in [1.82, 2.24) is 9.62 Å². The van der Waals surface area contributed by atoms with Crippen LogP contribution in [0.2, 0.25) is 0 Å². The van der Waals surface area contributed by atoms with Gasteiger partial charge in [-0.3, -0.25) is 4.90 Å². The highest BCUT2D eigenvalue weighted by Crippen LogP contribution is 2.21. The maximum Gasteiger partial charge on any atom is 0.241 e. The lowest BCUT2D eigenvalue weighted by molar-refractivity contribution is 0.0345. The zero-order chi connectivity index (χ0) is 19.3. The molecule has 27 heavy (non-hydrogen) atoms. The zero-order valence-corrected chi connectivity index (χ0v) is 16.5. The molecule has 1 saturated heterocycles. The van der Waals surface area contributed by atoms with Gasteiger partial charge in [0.2, 0.25) is 10.0 Å². The normalized spacial score (nSPS) is 16.8.